The fourth-order valence-electron chi connectivity index (χ4n) is 3.37. The van der Waals surface area contributed by atoms with Crippen molar-refractivity contribution in [3.8, 4) is 0 Å². The maximum absolute atomic E-state index is 12.6. The van der Waals surface area contributed by atoms with Crippen LogP contribution < -0.4 is 15.8 Å². The van der Waals surface area contributed by atoms with Crippen molar-refractivity contribution in [1.82, 2.24) is 19.7 Å². The van der Waals surface area contributed by atoms with Gasteiger partial charge in [0, 0.05) is 38.2 Å². The molecule has 0 atom stereocenters. The molecule has 1 saturated heterocycles. The Labute approximate surface area is 156 Å². The minimum Gasteiger partial charge on any atom is -0.357 e. The van der Waals surface area contributed by atoms with Crippen LogP contribution in [-0.2, 0) is 6.54 Å². The maximum atomic E-state index is 12.6. The number of nitrogens with one attached hydrogen (secondary N) is 1. The minimum absolute atomic E-state index is 0.0342. The monoisotopic (exact) mass is 363 g/mol. The summed E-state index contributed by atoms with van der Waals surface area (Å²) < 4.78 is 1.40. The average Bonchev–Trinajstić information content (AvgIpc) is 3.22. The molecule has 4 rings (SSSR count). The van der Waals surface area contributed by atoms with Crippen molar-refractivity contribution in [3.05, 3.63) is 69.9 Å². The van der Waals surface area contributed by atoms with E-state index in [9.17, 15) is 9.59 Å². The molecule has 3 aromatic heterocycles. The number of pyridine rings is 2. The fraction of sp³-hybridized carbons (Fsp3) is 0.300. The van der Waals surface area contributed by atoms with Crippen molar-refractivity contribution in [2.24, 2.45) is 0 Å². The molecule has 1 N–H and O–H groups in total. The molecule has 0 radical (unpaired) electrons. The molecule has 7 heteroatoms. The molecule has 3 aromatic rings. The van der Waals surface area contributed by atoms with Crippen LogP contribution in [0.1, 0.15) is 34.3 Å². The number of aromatic nitrogens is 3. The number of anilines is 1. The van der Waals surface area contributed by atoms with E-state index >= 15 is 0 Å². The molecule has 1 amide bonds. The van der Waals surface area contributed by atoms with Gasteiger partial charge in [-0.25, -0.2) is 9.97 Å². The number of fused-ring (bicyclic) bond motifs is 1. The third kappa shape index (κ3) is 3.40. The molecule has 0 spiro atoms. The number of aryl methyl sites for hydroxylation is 1. The summed E-state index contributed by atoms with van der Waals surface area (Å²) in [5, 5.41) is 2.81. The summed E-state index contributed by atoms with van der Waals surface area (Å²) in [6.45, 7) is 4.24. The van der Waals surface area contributed by atoms with Gasteiger partial charge in [-0.1, -0.05) is 6.07 Å². The van der Waals surface area contributed by atoms with Crippen LogP contribution in [-0.4, -0.2) is 33.4 Å². The Balaban J connectivity index is 1.52. The molecule has 0 saturated carbocycles. The molecule has 0 aromatic carbocycles. The van der Waals surface area contributed by atoms with E-state index < -0.39 is 5.91 Å². The summed E-state index contributed by atoms with van der Waals surface area (Å²) in [5.41, 5.74) is 2.06. The Morgan fingerprint density at radius 2 is 2.04 bits per heavy atom. The summed E-state index contributed by atoms with van der Waals surface area (Å²) >= 11 is 0. The van der Waals surface area contributed by atoms with Gasteiger partial charge in [-0.05, 0) is 49.1 Å². The van der Waals surface area contributed by atoms with E-state index in [1.165, 1.54) is 23.4 Å². The van der Waals surface area contributed by atoms with Gasteiger partial charge in [-0.15, -0.1) is 0 Å². The number of hydrogen-bond acceptors (Lipinski definition) is 5. The van der Waals surface area contributed by atoms with Crippen molar-refractivity contribution in [1.29, 1.82) is 0 Å². The Kier molecular flexibility index (Phi) is 4.58. The van der Waals surface area contributed by atoms with E-state index in [-0.39, 0.29) is 11.1 Å². The van der Waals surface area contributed by atoms with Crippen molar-refractivity contribution in [2.75, 3.05) is 18.0 Å². The molecular weight excluding hydrogens is 342 g/mol. The second kappa shape index (κ2) is 7.19. The van der Waals surface area contributed by atoms with Crippen molar-refractivity contribution >= 4 is 17.4 Å². The Hall–Kier alpha value is -3.22. The number of carbonyl (C=O) groups excluding carboxylic acids is 1. The standard InChI is InChI=1S/C20H21N5O2/c1-14-5-4-10-25-18(14)22-13-16(20(25)27)19(26)23-12-15-6-7-21-17(11-15)24-8-2-3-9-24/h4-7,10-11,13H,2-3,8-9,12H2,1H3,(H,23,26). The third-order valence-electron chi connectivity index (χ3n) is 4.87. The summed E-state index contributed by atoms with van der Waals surface area (Å²) in [5.74, 6) is 0.505. The largest absolute Gasteiger partial charge is 0.357 e. The Morgan fingerprint density at radius 1 is 1.22 bits per heavy atom. The highest BCUT2D eigenvalue weighted by Crippen LogP contribution is 2.18. The summed E-state index contributed by atoms with van der Waals surface area (Å²) in [6, 6.07) is 7.50. The molecule has 27 heavy (non-hydrogen) atoms. The zero-order chi connectivity index (χ0) is 18.8. The lowest BCUT2D eigenvalue weighted by atomic mass is 10.2. The molecular formula is C20H21N5O2. The average molecular weight is 363 g/mol. The smallest absolute Gasteiger partial charge is 0.270 e. The van der Waals surface area contributed by atoms with Crippen molar-refractivity contribution < 1.29 is 4.79 Å². The molecule has 0 aliphatic carbocycles. The molecule has 1 fully saturated rings. The van der Waals surface area contributed by atoms with Gasteiger partial charge in [0.05, 0.1) is 0 Å². The quantitative estimate of drug-likeness (QED) is 0.766. The van der Waals surface area contributed by atoms with E-state index in [1.807, 2.05) is 25.1 Å². The van der Waals surface area contributed by atoms with Gasteiger partial charge < -0.3 is 10.2 Å². The molecule has 1 aliphatic rings. The zero-order valence-corrected chi connectivity index (χ0v) is 15.2. The lowest BCUT2D eigenvalue weighted by molar-refractivity contribution is 0.0949. The third-order valence-corrected chi connectivity index (χ3v) is 4.87. The lowest BCUT2D eigenvalue weighted by Gasteiger charge is -2.17. The first-order chi connectivity index (χ1) is 13.1. The first-order valence-corrected chi connectivity index (χ1v) is 9.08. The summed E-state index contributed by atoms with van der Waals surface area (Å²) in [4.78, 5) is 36.1. The first-order valence-electron chi connectivity index (χ1n) is 9.08. The highest BCUT2D eigenvalue weighted by molar-refractivity contribution is 5.93. The van der Waals surface area contributed by atoms with Crippen LogP contribution in [0.25, 0.3) is 5.65 Å². The van der Waals surface area contributed by atoms with E-state index in [1.54, 1.807) is 18.5 Å². The first kappa shape index (κ1) is 17.2. The summed E-state index contributed by atoms with van der Waals surface area (Å²) in [7, 11) is 0. The van der Waals surface area contributed by atoms with Crippen LogP contribution in [0.5, 0.6) is 0 Å². The fourth-order valence-corrected chi connectivity index (χ4v) is 3.37. The second-order valence-electron chi connectivity index (χ2n) is 6.76. The topological polar surface area (TPSA) is 79.6 Å². The number of rotatable bonds is 4. The van der Waals surface area contributed by atoms with Crippen LogP contribution in [0.15, 0.2) is 47.7 Å². The van der Waals surface area contributed by atoms with E-state index in [2.05, 4.69) is 20.2 Å². The van der Waals surface area contributed by atoms with Gasteiger partial charge in [0.1, 0.15) is 17.0 Å². The number of carbonyl (C=O) groups is 1. The normalized spacial score (nSPS) is 13.9. The van der Waals surface area contributed by atoms with Gasteiger partial charge in [0.15, 0.2) is 0 Å². The van der Waals surface area contributed by atoms with Crippen LogP contribution in [0.2, 0.25) is 0 Å². The van der Waals surface area contributed by atoms with Crippen LogP contribution >= 0.6 is 0 Å². The number of amides is 1. The van der Waals surface area contributed by atoms with Crippen LogP contribution in [0, 0.1) is 6.92 Å². The second-order valence-corrected chi connectivity index (χ2v) is 6.76. The van der Waals surface area contributed by atoms with Gasteiger partial charge in [0.2, 0.25) is 0 Å². The van der Waals surface area contributed by atoms with E-state index in [0.717, 1.165) is 30.0 Å². The maximum Gasteiger partial charge on any atom is 0.270 e. The van der Waals surface area contributed by atoms with Gasteiger partial charge in [0.25, 0.3) is 11.5 Å². The molecule has 4 heterocycles. The van der Waals surface area contributed by atoms with Crippen LogP contribution in [0.4, 0.5) is 5.82 Å². The van der Waals surface area contributed by atoms with E-state index in [4.69, 9.17) is 0 Å². The van der Waals surface area contributed by atoms with Gasteiger partial charge >= 0.3 is 0 Å². The zero-order valence-electron chi connectivity index (χ0n) is 15.2. The molecule has 0 unspecified atom stereocenters. The molecule has 138 valence electrons. The van der Waals surface area contributed by atoms with Gasteiger partial charge in [-0.2, -0.15) is 0 Å². The highest BCUT2D eigenvalue weighted by Gasteiger charge is 2.15. The number of hydrogen-bond donors (Lipinski definition) is 1. The Morgan fingerprint density at radius 3 is 2.85 bits per heavy atom. The summed E-state index contributed by atoms with van der Waals surface area (Å²) in [6.07, 6.45) is 7.09. The SMILES string of the molecule is Cc1cccn2c(=O)c(C(=O)NCc3ccnc(N4CCCC4)c3)cnc12. The number of nitrogens with zero attached hydrogens (tertiary/aromatic N) is 4. The van der Waals surface area contributed by atoms with Gasteiger partial charge in [-0.3, -0.25) is 14.0 Å². The minimum atomic E-state index is -0.428. The Bertz CT molecular complexity index is 1050. The van der Waals surface area contributed by atoms with Crippen molar-refractivity contribution in [2.45, 2.75) is 26.3 Å². The molecule has 0 bridgehead atoms. The van der Waals surface area contributed by atoms with E-state index in [0.29, 0.717) is 12.2 Å². The predicted octanol–water partition coefficient (Wildman–Crippen LogP) is 1.93. The lowest BCUT2D eigenvalue weighted by Crippen LogP contribution is -2.31. The van der Waals surface area contributed by atoms with Crippen molar-refractivity contribution in [3.63, 3.8) is 0 Å². The predicted molar refractivity (Wildman–Crippen MR) is 103 cm³/mol. The highest BCUT2D eigenvalue weighted by atomic mass is 16.2. The van der Waals surface area contributed by atoms with Crippen LogP contribution in [0.3, 0.4) is 0 Å². The molecule has 7 nitrogen and oxygen atoms in total. The molecule has 1 aliphatic heterocycles.